The molecule has 2 aromatic rings. The van der Waals surface area contributed by atoms with Gasteiger partial charge in [-0.2, -0.15) is 4.31 Å². The molecule has 0 unspecified atom stereocenters. The van der Waals surface area contributed by atoms with Crippen molar-refractivity contribution in [1.82, 2.24) is 4.31 Å². The summed E-state index contributed by atoms with van der Waals surface area (Å²) in [5.41, 5.74) is 2.07. The van der Waals surface area contributed by atoms with E-state index in [1.54, 1.807) is 17.5 Å². The van der Waals surface area contributed by atoms with E-state index in [0.29, 0.717) is 35.5 Å². The van der Waals surface area contributed by atoms with Gasteiger partial charge in [-0.25, -0.2) is 8.42 Å². The summed E-state index contributed by atoms with van der Waals surface area (Å²) >= 11 is 3.38. The monoisotopic (exact) mass is 424 g/mol. The maximum absolute atomic E-state index is 12.9. The SMILES string of the molecule is COc1cccc(N2CCN(S(=O)(=O)c3ccc(C)cc3Br)CC2)c1. The summed E-state index contributed by atoms with van der Waals surface area (Å²) in [6.45, 7) is 4.15. The maximum Gasteiger partial charge on any atom is 0.244 e. The third-order valence-corrected chi connectivity index (χ3v) is 7.24. The zero-order valence-electron chi connectivity index (χ0n) is 14.3. The van der Waals surface area contributed by atoms with E-state index in [4.69, 9.17) is 4.74 Å². The Labute approximate surface area is 157 Å². The Kier molecular flexibility index (Phi) is 5.36. The molecular formula is C18H21BrN2O3S. The predicted molar refractivity (Wildman–Crippen MR) is 103 cm³/mol. The van der Waals surface area contributed by atoms with Crippen LogP contribution < -0.4 is 9.64 Å². The number of hydrogen-bond acceptors (Lipinski definition) is 4. The Hall–Kier alpha value is -1.57. The van der Waals surface area contributed by atoms with Crippen molar-refractivity contribution in [3.05, 3.63) is 52.5 Å². The van der Waals surface area contributed by atoms with Crippen molar-refractivity contribution >= 4 is 31.6 Å². The summed E-state index contributed by atoms with van der Waals surface area (Å²) in [4.78, 5) is 2.51. The zero-order valence-corrected chi connectivity index (χ0v) is 16.7. The van der Waals surface area contributed by atoms with Crippen molar-refractivity contribution in [2.45, 2.75) is 11.8 Å². The summed E-state index contributed by atoms with van der Waals surface area (Å²) in [6.07, 6.45) is 0. The fourth-order valence-corrected chi connectivity index (χ4v) is 5.52. The molecule has 0 N–H and O–H groups in total. The summed E-state index contributed by atoms with van der Waals surface area (Å²) in [5, 5.41) is 0. The molecule has 1 fully saturated rings. The molecule has 0 amide bonds. The van der Waals surface area contributed by atoms with Gasteiger partial charge in [-0.15, -0.1) is 0 Å². The molecule has 1 heterocycles. The quantitative estimate of drug-likeness (QED) is 0.755. The summed E-state index contributed by atoms with van der Waals surface area (Å²) in [6, 6.07) is 13.2. The second-order valence-electron chi connectivity index (χ2n) is 6.03. The lowest BCUT2D eigenvalue weighted by Gasteiger charge is -2.35. The Bertz CT molecular complexity index is 862. The lowest BCUT2D eigenvalue weighted by atomic mass is 10.2. The van der Waals surface area contributed by atoms with Crippen molar-refractivity contribution in [2.24, 2.45) is 0 Å². The van der Waals surface area contributed by atoms with Gasteiger partial charge in [0.15, 0.2) is 0 Å². The first kappa shape index (κ1) is 18.2. The van der Waals surface area contributed by atoms with E-state index in [2.05, 4.69) is 20.8 Å². The highest BCUT2D eigenvalue weighted by molar-refractivity contribution is 9.10. The first-order valence-electron chi connectivity index (χ1n) is 8.07. The van der Waals surface area contributed by atoms with Crippen LogP contribution in [-0.4, -0.2) is 46.0 Å². The zero-order chi connectivity index (χ0) is 18.0. The average molecular weight is 425 g/mol. The molecule has 0 saturated carbocycles. The van der Waals surface area contributed by atoms with E-state index in [1.165, 1.54) is 0 Å². The van der Waals surface area contributed by atoms with Crippen LogP contribution in [0.15, 0.2) is 51.8 Å². The second-order valence-corrected chi connectivity index (χ2v) is 8.79. The molecule has 0 aliphatic carbocycles. The number of rotatable bonds is 4. The van der Waals surface area contributed by atoms with Gasteiger partial charge in [0.1, 0.15) is 5.75 Å². The molecule has 1 saturated heterocycles. The Balaban J connectivity index is 1.75. The van der Waals surface area contributed by atoms with E-state index in [0.717, 1.165) is 17.0 Å². The normalized spacial score (nSPS) is 16.0. The Morgan fingerprint density at radius 2 is 1.76 bits per heavy atom. The van der Waals surface area contributed by atoms with Gasteiger partial charge >= 0.3 is 0 Å². The van der Waals surface area contributed by atoms with Crippen LogP contribution in [-0.2, 0) is 10.0 Å². The van der Waals surface area contributed by atoms with Gasteiger partial charge in [-0.3, -0.25) is 0 Å². The fourth-order valence-electron chi connectivity index (χ4n) is 2.95. The highest BCUT2D eigenvalue weighted by atomic mass is 79.9. The molecule has 0 spiro atoms. The van der Waals surface area contributed by atoms with Crippen LogP contribution in [0.2, 0.25) is 0 Å². The third kappa shape index (κ3) is 3.83. The predicted octanol–water partition coefficient (Wildman–Crippen LogP) is 3.28. The molecule has 1 aliphatic heterocycles. The van der Waals surface area contributed by atoms with Crippen LogP contribution in [0, 0.1) is 6.92 Å². The van der Waals surface area contributed by atoms with Gasteiger partial charge in [0.25, 0.3) is 0 Å². The summed E-state index contributed by atoms with van der Waals surface area (Å²) < 4.78 is 33.3. The van der Waals surface area contributed by atoms with Crippen molar-refractivity contribution in [3.8, 4) is 5.75 Å². The lowest BCUT2D eigenvalue weighted by Crippen LogP contribution is -2.48. The number of hydrogen-bond donors (Lipinski definition) is 0. The molecule has 0 radical (unpaired) electrons. The number of ether oxygens (including phenoxy) is 1. The fraction of sp³-hybridized carbons (Fsp3) is 0.333. The molecule has 0 aromatic heterocycles. The first-order chi connectivity index (χ1) is 11.9. The molecule has 0 atom stereocenters. The molecule has 3 rings (SSSR count). The third-order valence-electron chi connectivity index (χ3n) is 4.36. The first-order valence-corrected chi connectivity index (χ1v) is 10.3. The number of sulfonamides is 1. The van der Waals surface area contributed by atoms with Gasteiger partial charge in [0, 0.05) is 42.4 Å². The number of piperazine rings is 1. The van der Waals surface area contributed by atoms with Crippen molar-refractivity contribution in [3.63, 3.8) is 0 Å². The summed E-state index contributed by atoms with van der Waals surface area (Å²) in [5.74, 6) is 0.802. The van der Waals surface area contributed by atoms with Crippen LogP contribution >= 0.6 is 15.9 Å². The standard InChI is InChI=1S/C18H21BrN2O3S/c1-14-6-7-18(17(19)12-14)25(22,23)21-10-8-20(9-11-21)15-4-3-5-16(13-15)24-2/h3-7,12-13H,8-11H2,1-2H3. The van der Waals surface area contributed by atoms with Crippen LogP contribution in [0.5, 0.6) is 5.75 Å². The molecule has 7 heteroatoms. The smallest absolute Gasteiger partial charge is 0.244 e. The van der Waals surface area contributed by atoms with Crippen LogP contribution in [0.25, 0.3) is 0 Å². The van der Waals surface area contributed by atoms with Gasteiger partial charge in [0.2, 0.25) is 10.0 Å². The Morgan fingerprint density at radius 1 is 1.04 bits per heavy atom. The van der Waals surface area contributed by atoms with E-state index in [1.807, 2.05) is 43.3 Å². The molecule has 1 aliphatic rings. The van der Waals surface area contributed by atoms with E-state index in [9.17, 15) is 8.42 Å². The largest absolute Gasteiger partial charge is 0.497 e. The number of anilines is 1. The maximum atomic E-state index is 12.9. The number of halogens is 1. The molecule has 134 valence electrons. The average Bonchev–Trinajstić information content (AvgIpc) is 2.61. The van der Waals surface area contributed by atoms with Gasteiger partial charge in [0.05, 0.1) is 12.0 Å². The highest BCUT2D eigenvalue weighted by Gasteiger charge is 2.30. The van der Waals surface area contributed by atoms with Crippen LogP contribution in [0.1, 0.15) is 5.56 Å². The molecule has 0 bridgehead atoms. The highest BCUT2D eigenvalue weighted by Crippen LogP contribution is 2.28. The van der Waals surface area contributed by atoms with Gasteiger partial charge < -0.3 is 9.64 Å². The minimum atomic E-state index is -3.49. The molecule has 2 aromatic carbocycles. The minimum absolute atomic E-state index is 0.327. The topological polar surface area (TPSA) is 49.9 Å². The second kappa shape index (κ2) is 7.35. The molecule has 25 heavy (non-hydrogen) atoms. The van der Waals surface area contributed by atoms with Crippen LogP contribution in [0.4, 0.5) is 5.69 Å². The summed E-state index contributed by atoms with van der Waals surface area (Å²) in [7, 11) is -1.85. The lowest BCUT2D eigenvalue weighted by molar-refractivity contribution is 0.384. The van der Waals surface area contributed by atoms with E-state index in [-0.39, 0.29) is 0 Å². The number of nitrogens with zero attached hydrogens (tertiary/aromatic N) is 2. The number of benzene rings is 2. The minimum Gasteiger partial charge on any atom is -0.497 e. The van der Waals surface area contributed by atoms with Crippen molar-refractivity contribution in [2.75, 3.05) is 38.2 Å². The van der Waals surface area contributed by atoms with E-state index < -0.39 is 10.0 Å². The Morgan fingerprint density at radius 3 is 2.40 bits per heavy atom. The molecule has 5 nitrogen and oxygen atoms in total. The van der Waals surface area contributed by atoms with E-state index >= 15 is 0 Å². The molecular weight excluding hydrogens is 404 g/mol. The van der Waals surface area contributed by atoms with Crippen molar-refractivity contribution < 1.29 is 13.2 Å². The number of aryl methyl sites for hydroxylation is 1. The van der Waals surface area contributed by atoms with Crippen molar-refractivity contribution in [1.29, 1.82) is 0 Å². The van der Waals surface area contributed by atoms with Crippen LogP contribution in [0.3, 0.4) is 0 Å². The van der Waals surface area contributed by atoms with Gasteiger partial charge in [-0.05, 0) is 52.7 Å². The van der Waals surface area contributed by atoms with Gasteiger partial charge in [-0.1, -0.05) is 12.1 Å². The number of methoxy groups -OCH3 is 1.